The van der Waals surface area contributed by atoms with E-state index in [1.165, 1.54) is 35.1 Å². The third-order valence-electron chi connectivity index (χ3n) is 9.21. The molecule has 0 spiro atoms. The Morgan fingerprint density at radius 3 is 2.05 bits per heavy atom. The van der Waals surface area contributed by atoms with E-state index >= 15 is 0 Å². The van der Waals surface area contributed by atoms with E-state index in [0.29, 0.717) is 15.8 Å². The van der Waals surface area contributed by atoms with Gasteiger partial charge in [-0.05, 0) is 43.5 Å². The van der Waals surface area contributed by atoms with Crippen LogP contribution in [0, 0.1) is 0 Å². The Balaban J connectivity index is 1.17. The van der Waals surface area contributed by atoms with Gasteiger partial charge in [0.05, 0.1) is 16.5 Å². The molecule has 0 saturated carbocycles. The van der Waals surface area contributed by atoms with E-state index in [2.05, 4.69) is 52.2 Å². The van der Waals surface area contributed by atoms with Crippen molar-refractivity contribution in [1.82, 2.24) is 15.2 Å². The van der Waals surface area contributed by atoms with E-state index in [1.54, 1.807) is 26.2 Å². The van der Waals surface area contributed by atoms with Crippen LogP contribution in [0.5, 0.6) is 0 Å². The van der Waals surface area contributed by atoms with Crippen LogP contribution in [0.25, 0.3) is 4.91 Å². The van der Waals surface area contributed by atoms with Crippen molar-refractivity contribution in [1.29, 1.82) is 0 Å². The smallest absolute Gasteiger partial charge is 0.356 e. The number of carbonyl (C=O) groups excluding carboxylic acids is 3. The van der Waals surface area contributed by atoms with Gasteiger partial charge in [0.2, 0.25) is 0 Å². The summed E-state index contributed by atoms with van der Waals surface area (Å²) in [5.41, 5.74) is 2.49. The second-order valence-corrected chi connectivity index (χ2v) is 16.0. The van der Waals surface area contributed by atoms with E-state index in [9.17, 15) is 14.4 Å². The highest BCUT2D eigenvalue weighted by Gasteiger charge is 2.55. The van der Waals surface area contributed by atoms with Crippen LogP contribution in [0.3, 0.4) is 0 Å². The monoisotopic (exact) mass is 773 g/mol. The number of thiazole rings is 1. The number of β-lactam (4-membered cyclic amide) rings is 1. The van der Waals surface area contributed by atoms with Gasteiger partial charge in [-0.1, -0.05) is 96.2 Å². The molecule has 1 fully saturated rings. The Hall–Kier alpha value is -5.79. The maximum absolute atomic E-state index is 14.0. The highest BCUT2D eigenvalue weighted by atomic mass is 32.2. The molecule has 2 amide bonds. The van der Waals surface area contributed by atoms with Gasteiger partial charge in [-0.2, -0.15) is 0 Å². The molecule has 3 aromatic carbocycles. The van der Waals surface area contributed by atoms with Gasteiger partial charge in [0.15, 0.2) is 23.2 Å². The topological polar surface area (TPSA) is 126 Å². The first-order valence-electron chi connectivity index (χ1n) is 17.7. The van der Waals surface area contributed by atoms with Gasteiger partial charge in [-0.3, -0.25) is 14.5 Å². The molecule has 2 atom stereocenters. The molecular formula is C42H41N6O5S2+. The van der Waals surface area contributed by atoms with Gasteiger partial charge in [-0.15, -0.1) is 23.1 Å². The van der Waals surface area contributed by atoms with E-state index < -0.39 is 41.0 Å². The standard InChI is InChI=1S/C42H40N6O5S2/c1-41(2,3)53-39(51)35-36(27-16-15-23-47(4)24-27)54-26-32-34(38(50)48(32)35)44-37(49)33(46-52-5)31-25-55-40(43-31)45-42(28-17-9-6-10-18-28,29-19-11-7-12-20-29)30-21-13-8-14-22-30/h6-25,32,34H,26H2,1-5H3,(H-,43,44,45,49)/p+1/b46-33-. The molecule has 7 rings (SSSR count). The van der Waals surface area contributed by atoms with Crippen molar-refractivity contribution in [2.24, 2.45) is 12.2 Å². The molecule has 280 valence electrons. The van der Waals surface area contributed by atoms with Crippen LogP contribution in [-0.2, 0) is 36.5 Å². The lowest BCUT2D eigenvalue weighted by molar-refractivity contribution is -0.671. The summed E-state index contributed by atoms with van der Waals surface area (Å²) in [4.78, 5) is 53.6. The third kappa shape index (κ3) is 7.49. The fourth-order valence-corrected chi connectivity index (χ4v) is 8.88. The zero-order valence-corrected chi connectivity index (χ0v) is 32.7. The summed E-state index contributed by atoms with van der Waals surface area (Å²) in [6.45, 7) is 5.34. The van der Waals surface area contributed by atoms with Crippen LogP contribution >= 0.6 is 23.1 Å². The first kappa shape index (κ1) is 37.5. The molecule has 2 aliphatic rings. The lowest BCUT2D eigenvalue weighted by Crippen LogP contribution is -2.73. The number of amides is 2. The second-order valence-electron chi connectivity index (χ2n) is 14.1. The van der Waals surface area contributed by atoms with Crippen molar-refractivity contribution >= 4 is 56.6 Å². The number of benzene rings is 3. The number of hydrogen-bond acceptors (Lipinski definition) is 10. The molecule has 2 unspecified atom stereocenters. The Bertz CT molecular complexity index is 2170. The Labute approximate surface area is 328 Å². The van der Waals surface area contributed by atoms with E-state index in [4.69, 9.17) is 14.6 Å². The number of carbonyl (C=O) groups is 3. The summed E-state index contributed by atoms with van der Waals surface area (Å²) in [5.74, 6) is -1.22. The largest absolute Gasteiger partial charge is 0.455 e. The number of rotatable bonds is 11. The number of pyridine rings is 1. The summed E-state index contributed by atoms with van der Waals surface area (Å²) in [5, 5.41) is 12.9. The minimum Gasteiger partial charge on any atom is -0.455 e. The lowest BCUT2D eigenvalue weighted by Gasteiger charge is -2.50. The molecular weight excluding hydrogens is 733 g/mol. The molecule has 11 nitrogen and oxygen atoms in total. The van der Waals surface area contributed by atoms with Crippen LogP contribution in [0.4, 0.5) is 5.13 Å². The number of aromatic nitrogens is 2. The van der Waals surface area contributed by atoms with Crippen molar-refractivity contribution in [2.75, 3.05) is 18.2 Å². The Kier molecular flexibility index (Phi) is 10.6. The van der Waals surface area contributed by atoms with E-state index in [-0.39, 0.29) is 17.1 Å². The molecule has 0 aliphatic carbocycles. The highest BCUT2D eigenvalue weighted by Crippen LogP contribution is 2.44. The molecule has 4 heterocycles. The number of thioether (sulfide) groups is 1. The fraction of sp³-hybridized carbons (Fsp3) is 0.238. The van der Waals surface area contributed by atoms with Crippen molar-refractivity contribution < 1.29 is 28.5 Å². The molecule has 0 bridgehead atoms. The van der Waals surface area contributed by atoms with E-state index in [0.717, 1.165) is 22.3 Å². The van der Waals surface area contributed by atoms with Crippen molar-refractivity contribution in [3.05, 3.63) is 155 Å². The number of esters is 1. The van der Waals surface area contributed by atoms with E-state index in [1.807, 2.05) is 90.7 Å². The van der Waals surface area contributed by atoms with Crippen molar-refractivity contribution in [3.63, 3.8) is 0 Å². The molecule has 5 aromatic rings. The zero-order valence-electron chi connectivity index (χ0n) is 31.1. The van der Waals surface area contributed by atoms with Gasteiger partial charge in [0.25, 0.3) is 11.8 Å². The molecule has 2 N–H and O–H groups in total. The molecule has 55 heavy (non-hydrogen) atoms. The van der Waals surface area contributed by atoms with Gasteiger partial charge in [0.1, 0.15) is 42.7 Å². The summed E-state index contributed by atoms with van der Waals surface area (Å²) >= 11 is 2.77. The number of oxime groups is 1. The molecule has 13 heteroatoms. The summed E-state index contributed by atoms with van der Waals surface area (Å²) < 4.78 is 7.66. The number of fused-ring (bicyclic) bond motifs is 1. The number of ether oxygens (including phenoxy) is 1. The fourth-order valence-electron chi connectivity index (χ4n) is 6.84. The first-order chi connectivity index (χ1) is 26.5. The number of nitrogens with one attached hydrogen (secondary N) is 2. The quantitative estimate of drug-likeness (QED) is 0.0427. The summed E-state index contributed by atoms with van der Waals surface area (Å²) in [6, 6.07) is 32.7. The maximum Gasteiger partial charge on any atom is 0.356 e. The predicted octanol–water partition coefficient (Wildman–Crippen LogP) is 5.88. The van der Waals surface area contributed by atoms with Crippen molar-refractivity contribution in [3.8, 4) is 0 Å². The second kappa shape index (κ2) is 15.5. The average Bonchev–Trinajstić information content (AvgIpc) is 3.65. The molecule has 1 saturated heterocycles. The normalized spacial score (nSPS) is 17.2. The average molecular weight is 774 g/mol. The van der Waals surface area contributed by atoms with Gasteiger partial charge in [0, 0.05) is 17.2 Å². The molecule has 0 radical (unpaired) electrons. The minimum atomic E-state index is -0.911. The number of nitrogens with zero attached hydrogens (tertiary/aromatic N) is 4. The Morgan fingerprint density at radius 1 is 0.909 bits per heavy atom. The number of aryl methyl sites for hydroxylation is 1. The van der Waals surface area contributed by atoms with Crippen LogP contribution in [-0.4, -0.2) is 63.9 Å². The van der Waals surface area contributed by atoms with Gasteiger partial charge >= 0.3 is 5.97 Å². The number of hydrogen-bond donors (Lipinski definition) is 2. The highest BCUT2D eigenvalue weighted by molar-refractivity contribution is 8.08. The molecule has 2 aliphatic heterocycles. The molecule has 2 aromatic heterocycles. The van der Waals surface area contributed by atoms with Crippen LogP contribution in [0.15, 0.2) is 132 Å². The zero-order chi connectivity index (χ0) is 38.7. The summed E-state index contributed by atoms with van der Waals surface area (Å²) in [6.07, 6.45) is 3.78. The third-order valence-corrected chi connectivity index (χ3v) is 11.2. The van der Waals surface area contributed by atoms with Crippen LogP contribution in [0.1, 0.15) is 48.7 Å². The van der Waals surface area contributed by atoms with Crippen molar-refractivity contribution in [2.45, 2.75) is 44.0 Å². The minimum absolute atomic E-state index is 0.0911. The number of anilines is 1. The van der Waals surface area contributed by atoms with Gasteiger partial charge < -0.3 is 20.2 Å². The SMILES string of the molecule is CO/N=C(\C(=O)NC1C(=O)N2C(C(=O)OC(C)(C)C)=C(c3ccc[n+](C)c3)SCC12)c1csc(NC(c2ccccc2)(c2ccccc2)c2ccccc2)n1. The summed E-state index contributed by atoms with van der Waals surface area (Å²) in [7, 11) is 3.24. The lowest BCUT2D eigenvalue weighted by atomic mass is 9.77. The van der Waals surface area contributed by atoms with Crippen LogP contribution in [0.2, 0.25) is 0 Å². The van der Waals surface area contributed by atoms with Gasteiger partial charge in [-0.25, -0.2) is 14.3 Å². The Morgan fingerprint density at radius 2 is 1.51 bits per heavy atom. The first-order valence-corrected chi connectivity index (χ1v) is 19.6. The van der Waals surface area contributed by atoms with Crippen LogP contribution < -0.4 is 15.2 Å². The maximum atomic E-state index is 14.0. The predicted molar refractivity (Wildman–Crippen MR) is 214 cm³/mol.